The van der Waals surface area contributed by atoms with Gasteiger partial charge in [-0.3, -0.25) is 34.5 Å². The molecule has 3 aliphatic rings. The number of hydrogen-bond acceptors (Lipinski definition) is 11. The molecule has 56 heavy (non-hydrogen) atoms. The number of aromatic nitrogens is 3. The van der Waals surface area contributed by atoms with Gasteiger partial charge in [0.05, 0.1) is 41.5 Å². The molecule has 2 fully saturated rings. The highest BCUT2D eigenvalue weighted by Gasteiger charge is 2.38. The van der Waals surface area contributed by atoms with E-state index in [2.05, 4.69) is 35.8 Å². The number of piperidine rings is 1. The van der Waals surface area contributed by atoms with Gasteiger partial charge in [-0.2, -0.15) is 18.2 Å². The molecule has 292 valence electrons. The number of urea groups is 1. The molecular weight excluding hydrogens is 742 g/mol. The molecule has 3 aliphatic heterocycles. The van der Waals surface area contributed by atoms with Crippen LogP contribution >= 0.6 is 0 Å². The Labute approximate surface area is 317 Å². The van der Waals surface area contributed by atoms with Crippen molar-refractivity contribution in [3.63, 3.8) is 0 Å². The van der Waals surface area contributed by atoms with E-state index in [0.29, 0.717) is 49.9 Å². The smallest absolute Gasteiger partial charge is 0.423 e. The van der Waals surface area contributed by atoms with Crippen LogP contribution in [0.2, 0.25) is 0 Å². The van der Waals surface area contributed by atoms with Gasteiger partial charge in [-0.25, -0.2) is 14.2 Å². The molecular formula is C37H35F4N9O6. The summed E-state index contributed by atoms with van der Waals surface area (Å²) in [6, 6.07) is 9.55. The highest BCUT2D eigenvalue weighted by Crippen LogP contribution is 2.40. The van der Waals surface area contributed by atoms with Gasteiger partial charge in [0.15, 0.2) is 0 Å². The number of likely N-dealkylation sites (tertiary alicyclic amines) is 1. The van der Waals surface area contributed by atoms with E-state index in [0.717, 1.165) is 11.8 Å². The fourth-order valence-electron chi connectivity index (χ4n) is 6.68. The molecule has 0 aliphatic carbocycles. The number of hydrogen-bond donors (Lipinski definition) is 3. The number of imide groups is 1. The maximum Gasteiger partial charge on any atom is 0.423 e. The first kappa shape index (κ1) is 37.9. The highest BCUT2D eigenvalue weighted by molar-refractivity contribution is 6.05. The average molecular weight is 778 g/mol. The van der Waals surface area contributed by atoms with Gasteiger partial charge in [0.2, 0.25) is 17.7 Å². The molecule has 15 nitrogen and oxygen atoms in total. The number of pyridine rings is 1. The van der Waals surface area contributed by atoms with Gasteiger partial charge >= 0.3 is 12.2 Å². The molecule has 0 saturated carbocycles. The van der Waals surface area contributed by atoms with E-state index >= 15 is 4.39 Å². The third kappa shape index (κ3) is 8.02. The lowest BCUT2D eigenvalue weighted by atomic mass is 10.0. The second kappa shape index (κ2) is 15.4. The quantitative estimate of drug-likeness (QED) is 0.185. The van der Waals surface area contributed by atoms with Crippen molar-refractivity contribution in [3.05, 3.63) is 88.6 Å². The summed E-state index contributed by atoms with van der Waals surface area (Å²) in [4.78, 5) is 66.7. The summed E-state index contributed by atoms with van der Waals surface area (Å²) in [5.74, 6) is -3.77. The summed E-state index contributed by atoms with van der Waals surface area (Å²) in [5.41, 5.74) is 0.373. The third-order valence-corrected chi connectivity index (χ3v) is 9.61. The normalized spacial score (nSPS) is 16.4. The molecule has 0 radical (unpaired) electrons. The van der Waals surface area contributed by atoms with Crippen molar-refractivity contribution in [1.29, 1.82) is 0 Å². The molecule has 2 aromatic carbocycles. The second-order valence-electron chi connectivity index (χ2n) is 13.4. The van der Waals surface area contributed by atoms with E-state index in [4.69, 9.17) is 9.47 Å². The Balaban J connectivity index is 0.987. The number of rotatable bonds is 10. The first-order chi connectivity index (χ1) is 26.8. The fraction of sp³-hybridized carbons (Fsp3) is 0.324. The van der Waals surface area contributed by atoms with Crippen LogP contribution in [-0.4, -0.2) is 88.3 Å². The molecule has 0 atom stereocenters. The minimum atomic E-state index is -4.91. The van der Waals surface area contributed by atoms with Crippen molar-refractivity contribution in [2.45, 2.75) is 44.6 Å². The van der Waals surface area contributed by atoms with E-state index in [1.54, 1.807) is 31.4 Å². The Morgan fingerprint density at radius 2 is 1.80 bits per heavy atom. The number of amides is 5. The van der Waals surface area contributed by atoms with Crippen LogP contribution in [0.3, 0.4) is 0 Å². The van der Waals surface area contributed by atoms with Gasteiger partial charge in [-0.1, -0.05) is 12.1 Å². The van der Waals surface area contributed by atoms with E-state index in [1.165, 1.54) is 29.0 Å². The monoisotopic (exact) mass is 777 g/mol. The average Bonchev–Trinajstić information content (AvgIpc) is 3.45. The van der Waals surface area contributed by atoms with Gasteiger partial charge < -0.3 is 25.0 Å². The SMILES string of the molecule is COc1cc(C(=O)NC2CCN(Cc3ccc(N4CCC(=O)NC4=O)cn3)CC2)c(F)cc1Nc1ncc(C(F)(F)F)c(Oc2cccc3c2C(=O)N(C)C3)n1. The van der Waals surface area contributed by atoms with E-state index in [9.17, 15) is 32.3 Å². The molecule has 2 aromatic heterocycles. The van der Waals surface area contributed by atoms with Crippen molar-refractivity contribution >= 4 is 41.1 Å². The first-order valence-corrected chi connectivity index (χ1v) is 17.5. The van der Waals surface area contributed by atoms with E-state index in [1.807, 2.05) is 6.07 Å². The Hall–Kier alpha value is -6.37. The molecule has 19 heteroatoms. The van der Waals surface area contributed by atoms with Crippen LogP contribution in [0.15, 0.2) is 54.9 Å². The lowest BCUT2D eigenvalue weighted by molar-refractivity contribution is -0.139. The van der Waals surface area contributed by atoms with Crippen molar-refractivity contribution < 1.29 is 46.2 Å². The zero-order valence-electron chi connectivity index (χ0n) is 30.1. The molecule has 0 unspecified atom stereocenters. The number of nitrogens with one attached hydrogen (secondary N) is 3. The second-order valence-corrected chi connectivity index (χ2v) is 13.4. The number of carbonyl (C=O) groups is 4. The number of halogens is 4. The summed E-state index contributed by atoms with van der Waals surface area (Å²) in [7, 11) is 2.83. The number of carbonyl (C=O) groups excluding carboxylic acids is 4. The number of alkyl halides is 3. The molecule has 5 heterocycles. The van der Waals surface area contributed by atoms with Crippen LogP contribution in [0.1, 0.15) is 56.8 Å². The van der Waals surface area contributed by atoms with Crippen LogP contribution in [0, 0.1) is 5.82 Å². The van der Waals surface area contributed by atoms with Crippen LogP contribution in [-0.2, 0) is 24.1 Å². The van der Waals surface area contributed by atoms with Crippen LogP contribution in [0.4, 0.5) is 39.7 Å². The zero-order valence-corrected chi connectivity index (χ0v) is 30.1. The Bertz CT molecular complexity index is 2200. The molecule has 0 bridgehead atoms. The number of methoxy groups -OCH3 is 1. The first-order valence-electron chi connectivity index (χ1n) is 17.5. The van der Waals surface area contributed by atoms with Gasteiger partial charge in [-0.05, 0) is 42.7 Å². The fourth-order valence-corrected chi connectivity index (χ4v) is 6.68. The van der Waals surface area contributed by atoms with Crippen molar-refractivity contribution in [3.8, 4) is 17.4 Å². The predicted molar refractivity (Wildman–Crippen MR) is 191 cm³/mol. The summed E-state index contributed by atoms with van der Waals surface area (Å²) >= 11 is 0. The Morgan fingerprint density at radius 1 is 1.02 bits per heavy atom. The highest BCUT2D eigenvalue weighted by atomic mass is 19.4. The molecule has 4 aromatic rings. The van der Waals surface area contributed by atoms with E-state index < -0.39 is 47.2 Å². The molecule has 2 saturated heterocycles. The maximum absolute atomic E-state index is 15.5. The zero-order chi connectivity index (χ0) is 39.7. The van der Waals surface area contributed by atoms with Crippen molar-refractivity contribution in [2.24, 2.45) is 0 Å². The molecule has 5 amide bonds. The summed E-state index contributed by atoms with van der Waals surface area (Å²) in [6.45, 7) is 2.32. The van der Waals surface area contributed by atoms with Crippen molar-refractivity contribution in [1.82, 2.24) is 35.4 Å². The minimum absolute atomic E-state index is 0.0141. The number of nitrogens with zero attached hydrogens (tertiary/aromatic N) is 6. The minimum Gasteiger partial charge on any atom is -0.495 e. The lowest BCUT2D eigenvalue weighted by Gasteiger charge is -2.32. The largest absolute Gasteiger partial charge is 0.495 e. The predicted octanol–water partition coefficient (Wildman–Crippen LogP) is 5.00. The topological polar surface area (TPSA) is 171 Å². The van der Waals surface area contributed by atoms with Gasteiger partial charge in [-0.15, -0.1) is 0 Å². The maximum atomic E-state index is 15.5. The summed E-state index contributed by atoms with van der Waals surface area (Å²) in [6.07, 6.45) is -1.45. The standard InChI is InChI=1S/C37H35F4N9O6/c1-48-18-20-4-3-5-28(31(20)34(48)53)56-33-25(37(39,40)41)17-43-35(47-33)45-27-15-26(38)24(14-29(27)55-2)32(52)44-21-8-11-49(12-9-21)19-22-6-7-23(16-42-22)50-13-10-30(51)46-36(50)54/h3-7,14-17,21H,8-13,18-19H2,1-2H3,(H,44,52)(H,43,45,47)(H,46,51,54). The number of anilines is 3. The number of benzene rings is 2. The summed E-state index contributed by atoms with van der Waals surface area (Å²) < 4.78 is 68.4. The van der Waals surface area contributed by atoms with Crippen molar-refractivity contribution in [2.75, 3.05) is 44.0 Å². The lowest BCUT2D eigenvalue weighted by Crippen LogP contribution is -2.49. The van der Waals surface area contributed by atoms with Crippen LogP contribution in [0.25, 0.3) is 0 Å². The number of fused-ring (bicyclic) bond motifs is 1. The summed E-state index contributed by atoms with van der Waals surface area (Å²) in [5, 5.41) is 7.80. The third-order valence-electron chi connectivity index (χ3n) is 9.61. The Morgan fingerprint density at radius 3 is 2.50 bits per heavy atom. The molecule has 3 N–H and O–H groups in total. The van der Waals surface area contributed by atoms with Gasteiger partial charge in [0.1, 0.15) is 22.9 Å². The van der Waals surface area contributed by atoms with Crippen LogP contribution in [0.5, 0.6) is 17.4 Å². The molecule has 0 spiro atoms. The Kier molecular flexibility index (Phi) is 10.4. The number of ether oxygens (including phenoxy) is 2. The van der Waals surface area contributed by atoms with Gasteiger partial charge in [0, 0.05) is 64.5 Å². The van der Waals surface area contributed by atoms with Crippen LogP contribution < -0.4 is 30.3 Å². The van der Waals surface area contributed by atoms with Gasteiger partial charge in [0.25, 0.3) is 11.8 Å². The van der Waals surface area contributed by atoms with E-state index in [-0.39, 0.29) is 59.8 Å². The molecule has 7 rings (SSSR count).